The van der Waals surface area contributed by atoms with E-state index in [2.05, 4.69) is 9.98 Å². The summed E-state index contributed by atoms with van der Waals surface area (Å²) in [6.07, 6.45) is -0.112. The predicted molar refractivity (Wildman–Crippen MR) is 44.0 cm³/mol. The van der Waals surface area contributed by atoms with Crippen LogP contribution < -0.4 is 15.7 Å². The number of carbonyl (C=O) groups excluding carboxylic acids is 1. The Kier molecular flexibility index (Phi) is 1.85. The monoisotopic (exact) mass is 191 g/mol. The number of para-hydroxylation sites is 1. The minimum absolute atomic E-state index is 0.112. The Morgan fingerprint density at radius 1 is 1.50 bits per heavy atom. The van der Waals surface area contributed by atoms with Crippen molar-refractivity contribution in [3.63, 3.8) is 0 Å². The highest BCUT2D eigenvalue weighted by Gasteiger charge is 2.17. The number of amides is 2. The SMILES string of the molecule is O=C(O)Cc1cccc2c1=[NH+]C(=O)N=2. The smallest absolute Gasteiger partial charge is 0.481 e. The molecule has 1 aliphatic rings. The van der Waals surface area contributed by atoms with Crippen LogP contribution in [0.3, 0.4) is 0 Å². The third-order valence-electron chi connectivity index (χ3n) is 1.92. The number of rotatable bonds is 2. The summed E-state index contributed by atoms with van der Waals surface area (Å²) in [6.45, 7) is 0. The van der Waals surface area contributed by atoms with Crippen LogP contribution in [0.4, 0.5) is 4.79 Å². The van der Waals surface area contributed by atoms with Crippen LogP contribution in [0.1, 0.15) is 5.56 Å². The molecule has 0 radical (unpaired) electrons. The van der Waals surface area contributed by atoms with Gasteiger partial charge in [-0.05, 0) is 6.07 Å². The van der Waals surface area contributed by atoms with Gasteiger partial charge < -0.3 is 5.11 Å². The molecular weight excluding hydrogens is 184 g/mol. The minimum atomic E-state index is -0.931. The topological polar surface area (TPSA) is 80.7 Å². The van der Waals surface area contributed by atoms with E-state index >= 15 is 0 Å². The maximum atomic E-state index is 10.9. The zero-order chi connectivity index (χ0) is 10.1. The first-order chi connectivity index (χ1) is 6.66. The molecule has 0 unspecified atom stereocenters. The molecule has 5 nitrogen and oxygen atoms in total. The van der Waals surface area contributed by atoms with Crippen LogP contribution in [0.2, 0.25) is 0 Å². The van der Waals surface area contributed by atoms with Crippen LogP contribution in [0.15, 0.2) is 23.2 Å². The summed E-state index contributed by atoms with van der Waals surface area (Å²) in [5.41, 5.74) is 0.574. The Labute approximate surface area is 78.4 Å². The standard InChI is InChI=1S/C9H6N2O3/c12-7(13)4-5-2-1-3-6-8(5)11-9(14)10-6/h1-3H,4H2,(H,12,13)/p+1. The third kappa shape index (κ3) is 1.39. The molecule has 14 heavy (non-hydrogen) atoms. The Bertz CT molecular complexity index is 533. The largest absolute Gasteiger partial charge is 0.538 e. The molecule has 70 valence electrons. The lowest BCUT2D eigenvalue weighted by Crippen LogP contribution is -2.79. The summed E-state index contributed by atoms with van der Waals surface area (Å²) in [6, 6.07) is 4.56. The molecular formula is C9H7N2O3+. The molecule has 1 aliphatic heterocycles. The highest BCUT2D eigenvalue weighted by Crippen LogP contribution is 1.89. The Balaban J connectivity index is 2.62. The molecule has 0 saturated heterocycles. The molecule has 0 saturated carbocycles. The molecule has 1 heterocycles. The first kappa shape index (κ1) is 8.55. The molecule has 5 heteroatoms. The number of carbonyl (C=O) groups is 2. The molecule has 2 N–H and O–H groups in total. The van der Waals surface area contributed by atoms with E-state index in [1.165, 1.54) is 0 Å². The number of aliphatic carboxylic acids is 1. The number of nitrogens with one attached hydrogen (secondary N) is 1. The van der Waals surface area contributed by atoms with E-state index < -0.39 is 12.0 Å². The van der Waals surface area contributed by atoms with Gasteiger partial charge in [0.2, 0.25) is 5.36 Å². The van der Waals surface area contributed by atoms with Gasteiger partial charge in [0.25, 0.3) is 0 Å². The van der Waals surface area contributed by atoms with Crippen molar-refractivity contribution in [2.24, 2.45) is 4.99 Å². The summed E-state index contributed by atoms with van der Waals surface area (Å²) >= 11 is 0. The second-order valence-corrected chi connectivity index (χ2v) is 2.92. The third-order valence-corrected chi connectivity index (χ3v) is 1.92. The van der Waals surface area contributed by atoms with Crippen molar-refractivity contribution in [3.05, 3.63) is 34.5 Å². The maximum Gasteiger partial charge on any atom is 0.538 e. The quantitative estimate of drug-likeness (QED) is 0.555. The van der Waals surface area contributed by atoms with Gasteiger partial charge >= 0.3 is 12.0 Å². The number of nitrogens with zero attached hydrogens (tertiary/aromatic N) is 1. The first-order valence-corrected chi connectivity index (χ1v) is 4.03. The fourth-order valence-electron chi connectivity index (χ4n) is 1.38. The van der Waals surface area contributed by atoms with Crippen LogP contribution in [0.5, 0.6) is 0 Å². The maximum absolute atomic E-state index is 10.9. The molecule has 0 aliphatic carbocycles. The van der Waals surface area contributed by atoms with Crippen LogP contribution in [0.25, 0.3) is 0 Å². The second kappa shape index (κ2) is 3.02. The molecule has 2 amide bonds. The van der Waals surface area contributed by atoms with Crippen LogP contribution in [-0.2, 0) is 11.2 Å². The molecule has 0 fully saturated rings. The van der Waals surface area contributed by atoms with E-state index in [9.17, 15) is 9.59 Å². The number of hydrogen-bond donors (Lipinski definition) is 2. The van der Waals surface area contributed by atoms with Crippen LogP contribution in [-0.4, -0.2) is 17.1 Å². The highest BCUT2D eigenvalue weighted by atomic mass is 16.4. The van der Waals surface area contributed by atoms with Crippen molar-refractivity contribution in [2.75, 3.05) is 0 Å². The average molecular weight is 191 g/mol. The molecule has 2 rings (SSSR count). The van der Waals surface area contributed by atoms with Crippen LogP contribution in [0, 0.1) is 0 Å². The Morgan fingerprint density at radius 3 is 3.00 bits per heavy atom. The number of carboxylic acid groups (broad SMARTS) is 1. The van der Waals surface area contributed by atoms with Crippen LogP contribution >= 0.6 is 0 Å². The van der Waals surface area contributed by atoms with Crippen molar-refractivity contribution in [2.45, 2.75) is 6.42 Å². The van der Waals surface area contributed by atoms with Gasteiger partial charge in [0.05, 0.1) is 6.42 Å². The number of hydrogen-bond acceptors (Lipinski definition) is 2. The summed E-state index contributed by atoms with van der Waals surface area (Å²) in [7, 11) is 0. The van der Waals surface area contributed by atoms with E-state index in [1.54, 1.807) is 18.2 Å². The Hall–Kier alpha value is -2.04. The van der Waals surface area contributed by atoms with E-state index in [0.717, 1.165) is 0 Å². The normalized spacial score (nSPS) is 13.0. The fourth-order valence-corrected chi connectivity index (χ4v) is 1.38. The number of fused-ring (bicyclic) bond motifs is 1. The lowest BCUT2D eigenvalue weighted by Gasteiger charge is -1.91. The Morgan fingerprint density at radius 2 is 2.29 bits per heavy atom. The van der Waals surface area contributed by atoms with Gasteiger partial charge in [-0.3, -0.25) is 4.79 Å². The predicted octanol–water partition coefficient (Wildman–Crippen LogP) is -2.23. The van der Waals surface area contributed by atoms with E-state index in [4.69, 9.17) is 5.11 Å². The van der Waals surface area contributed by atoms with Gasteiger partial charge in [0.1, 0.15) is 0 Å². The van der Waals surface area contributed by atoms with E-state index in [0.29, 0.717) is 16.3 Å². The second-order valence-electron chi connectivity index (χ2n) is 2.92. The molecule has 0 bridgehead atoms. The lowest BCUT2D eigenvalue weighted by molar-refractivity contribution is -0.383. The van der Waals surface area contributed by atoms with Crippen molar-refractivity contribution >= 4 is 12.0 Å². The molecule has 1 aromatic rings. The highest BCUT2D eigenvalue weighted by molar-refractivity contribution is 5.70. The van der Waals surface area contributed by atoms with Gasteiger partial charge in [-0.2, -0.15) is 9.79 Å². The number of carboxylic acids is 1. The minimum Gasteiger partial charge on any atom is -0.481 e. The molecule has 1 aromatic carbocycles. The zero-order valence-corrected chi connectivity index (χ0v) is 7.15. The summed E-state index contributed by atoms with van der Waals surface area (Å²) in [5, 5.41) is 9.64. The fraction of sp³-hybridized carbons (Fsp3) is 0.111. The lowest BCUT2D eigenvalue weighted by atomic mass is 10.1. The summed E-state index contributed by atoms with van der Waals surface area (Å²) in [5.74, 6) is -0.931. The van der Waals surface area contributed by atoms with E-state index in [1.807, 2.05) is 0 Å². The van der Waals surface area contributed by atoms with Gasteiger partial charge in [0, 0.05) is 10.6 Å². The van der Waals surface area contributed by atoms with Crippen molar-refractivity contribution in [1.82, 2.24) is 0 Å². The van der Waals surface area contributed by atoms with Crippen molar-refractivity contribution in [3.8, 4) is 0 Å². The van der Waals surface area contributed by atoms with Gasteiger partial charge in [0.15, 0.2) is 5.36 Å². The molecule has 0 aromatic heterocycles. The van der Waals surface area contributed by atoms with Gasteiger partial charge in [-0.15, -0.1) is 0 Å². The summed E-state index contributed by atoms with van der Waals surface area (Å²) < 4.78 is 0. The summed E-state index contributed by atoms with van der Waals surface area (Å²) in [4.78, 5) is 27.6. The number of benzene rings is 1. The van der Waals surface area contributed by atoms with Crippen molar-refractivity contribution < 1.29 is 19.7 Å². The molecule has 0 atom stereocenters. The molecule has 0 spiro atoms. The van der Waals surface area contributed by atoms with Gasteiger partial charge in [-0.1, -0.05) is 12.1 Å². The van der Waals surface area contributed by atoms with E-state index in [-0.39, 0.29) is 6.42 Å². The average Bonchev–Trinajstić information content (AvgIpc) is 2.45. The van der Waals surface area contributed by atoms with Crippen molar-refractivity contribution in [1.29, 1.82) is 0 Å². The zero-order valence-electron chi connectivity index (χ0n) is 7.15. The number of urea groups is 1. The van der Waals surface area contributed by atoms with Gasteiger partial charge in [-0.25, -0.2) is 0 Å². The first-order valence-electron chi connectivity index (χ1n) is 4.03.